The molecular formula is C14H18N2O4S2. The minimum Gasteiger partial charge on any atom is -0.494 e. The predicted molar refractivity (Wildman–Crippen MR) is 83.6 cm³/mol. The summed E-state index contributed by atoms with van der Waals surface area (Å²) < 4.78 is 37.6. The molecule has 3 rings (SSSR count). The van der Waals surface area contributed by atoms with Gasteiger partial charge in [0.15, 0.2) is 4.21 Å². The summed E-state index contributed by atoms with van der Waals surface area (Å²) in [4.78, 5) is 2.19. The van der Waals surface area contributed by atoms with Gasteiger partial charge < -0.3 is 9.15 Å². The molecule has 0 aromatic carbocycles. The molecule has 1 aliphatic rings. The predicted octanol–water partition coefficient (Wildman–Crippen LogP) is 1.86. The Kier molecular flexibility index (Phi) is 4.53. The molecule has 2 aromatic heterocycles. The largest absolute Gasteiger partial charge is 0.494 e. The second-order valence-corrected chi connectivity index (χ2v) is 8.09. The quantitative estimate of drug-likeness (QED) is 0.830. The van der Waals surface area contributed by atoms with Crippen molar-refractivity contribution in [1.29, 1.82) is 0 Å². The summed E-state index contributed by atoms with van der Waals surface area (Å²) in [5.41, 5.74) is 0. The number of nitrogens with zero attached hydrogens (tertiary/aromatic N) is 2. The van der Waals surface area contributed by atoms with Crippen LogP contribution in [0, 0.1) is 0 Å². The van der Waals surface area contributed by atoms with Crippen LogP contribution >= 0.6 is 11.3 Å². The molecule has 2 aromatic rings. The van der Waals surface area contributed by atoms with Crippen LogP contribution in [0.15, 0.2) is 38.5 Å². The van der Waals surface area contributed by atoms with Gasteiger partial charge in [0.1, 0.15) is 11.5 Å². The highest BCUT2D eigenvalue weighted by Gasteiger charge is 2.31. The number of ether oxygens (including phenoxy) is 1. The molecule has 1 fully saturated rings. The van der Waals surface area contributed by atoms with Crippen LogP contribution < -0.4 is 4.74 Å². The lowest BCUT2D eigenvalue weighted by molar-refractivity contribution is 0.171. The Bertz CT molecular complexity index is 701. The third-order valence-electron chi connectivity index (χ3n) is 3.68. The Morgan fingerprint density at radius 2 is 2.05 bits per heavy atom. The third kappa shape index (κ3) is 3.05. The summed E-state index contributed by atoms with van der Waals surface area (Å²) in [5.74, 6) is 1.32. The van der Waals surface area contributed by atoms with Gasteiger partial charge in [0.05, 0.1) is 19.9 Å². The molecule has 22 heavy (non-hydrogen) atoms. The second-order valence-electron chi connectivity index (χ2n) is 5.04. The number of hydrogen-bond acceptors (Lipinski definition) is 6. The van der Waals surface area contributed by atoms with Crippen molar-refractivity contribution in [2.45, 2.75) is 10.8 Å². The summed E-state index contributed by atoms with van der Waals surface area (Å²) in [6.07, 6.45) is 1.65. The first-order valence-corrected chi connectivity index (χ1v) is 9.29. The number of furan rings is 1. The van der Waals surface area contributed by atoms with E-state index >= 15 is 0 Å². The minimum atomic E-state index is -3.47. The smallest absolute Gasteiger partial charge is 0.256 e. The second kappa shape index (κ2) is 6.41. The molecule has 0 radical (unpaired) electrons. The van der Waals surface area contributed by atoms with Gasteiger partial charge in [-0.05, 0) is 23.6 Å². The van der Waals surface area contributed by atoms with E-state index in [4.69, 9.17) is 9.15 Å². The van der Waals surface area contributed by atoms with Crippen LogP contribution in [-0.4, -0.2) is 50.9 Å². The summed E-state index contributed by atoms with van der Waals surface area (Å²) in [5, 5.41) is 1.73. The molecule has 1 aliphatic heterocycles. The van der Waals surface area contributed by atoms with Gasteiger partial charge in [-0.3, -0.25) is 4.90 Å². The minimum absolute atomic E-state index is 0.287. The monoisotopic (exact) mass is 342 g/mol. The van der Waals surface area contributed by atoms with Crippen molar-refractivity contribution in [1.82, 2.24) is 9.21 Å². The molecule has 120 valence electrons. The van der Waals surface area contributed by atoms with E-state index in [1.54, 1.807) is 17.7 Å². The fraction of sp³-hybridized carbons (Fsp3) is 0.429. The van der Waals surface area contributed by atoms with Gasteiger partial charge in [-0.2, -0.15) is 4.31 Å². The molecule has 0 spiro atoms. The highest BCUT2D eigenvalue weighted by atomic mass is 32.2. The van der Waals surface area contributed by atoms with Gasteiger partial charge in [-0.15, -0.1) is 11.3 Å². The number of hydrogen-bond donors (Lipinski definition) is 0. The zero-order valence-corrected chi connectivity index (χ0v) is 13.9. The Hall–Kier alpha value is -1.35. The van der Waals surface area contributed by atoms with Gasteiger partial charge in [0.25, 0.3) is 10.0 Å². The summed E-state index contributed by atoms with van der Waals surface area (Å²) >= 11 is 1.20. The van der Waals surface area contributed by atoms with Crippen molar-refractivity contribution < 1.29 is 17.6 Å². The molecule has 0 aliphatic carbocycles. The summed E-state index contributed by atoms with van der Waals surface area (Å²) in [6, 6.07) is 5.48. The Balaban J connectivity index is 1.65. The lowest BCUT2D eigenvalue weighted by Crippen LogP contribution is -2.48. The van der Waals surface area contributed by atoms with Crippen LogP contribution in [0.3, 0.4) is 0 Å². The average molecular weight is 342 g/mol. The number of rotatable bonds is 5. The SMILES string of the molecule is COc1ccsc1S(=O)(=O)N1CCN(Cc2ccco2)CC1. The third-order valence-corrected chi connectivity index (χ3v) is 7.00. The van der Waals surface area contributed by atoms with Gasteiger partial charge in [0.2, 0.25) is 0 Å². The van der Waals surface area contributed by atoms with Gasteiger partial charge in [-0.1, -0.05) is 0 Å². The van der Waals surface area contributed by atoms with Crippen LogP contribution in [0.2, 0.25) is 0 Å². The normalized spacial score (nSPS) is 17.7. The highest BCUT2D eigenvalue weighted by Crippen LogP contribution is 2.32. The number of sulfonamides is 1. The molecule has 0 N–H and O–H groups in total. The Morgan fingerprint density at radius 1 is 1.27 bits per heavy atom. The van der Waals surface area contributed by atoms with Crippen LogP contribution in [0.1, 0.15) is 5.76 Å². The van der Waals surface area contributed by atoms with E-state index in [0.717, 1.165) is 5.76 Å². The van der Waals surface area contributed by atoms with Crippen molar-refractivity contribution in [2.75, 3.05) is 33.3 Å². The first kappa shape index (κ1) is 15.5. The molecule has 0 unspecified atom stereocenters. The van der Waals surface area contributed by atoms with E-state index in [-0.39, 0.29) is 4.21 Å². The fourth-order valence-electron chi connectivity index (χ4n) is 2.49. The Morgan fingerprint density at radius 3 is 2.68 bits per heavy atom. The van der Waals surface area contributed by atoms with E-state index in [9.17, 15) is 8.42 Å². The average Bonchev–Trinajstić information content (AvgIpc) is 3.18. The molecule has 6 nitrogen and oxygen atoms in total. The van der Waals surface area contributed by atoms with E-state index in [1.807, 2.05) is 12.1 Å². The van der Waals surface area contributed by atoms with E-state index in [2.05, 4.69) is 4.90 Å². The number of piperazine rings is 1. The summed E-state index contributed by atoms with van der Waals surface area (Å²) in [7, 11) is -1.98. The molecule has 8 heteroatoms. The van der Waals surface area contributed by atoms with Crippen molar-refractivity contribution in [2.24, 2.45) is 0 Å². The van der Waals surface area contributed by atoms with Crippen LogP contribution in [0.5, 0.6) is 5.75 Å². The van der Waals surface area contributed by atoms with Crippen molar-refractivity contribution in [3.05, 3.63) is 35.6 Å². The van der Waals surface area contributed by atoms with E-state index in [0.29, 0.717) is 38.5 Å². The van der Waals surface area contributed by atoms with E-state index in [1.165, 1.54) is 22.8 Å². The van der Waals surface area contributed by atoms with Crippen molar-refractivity contribution >= 4 is 21.4 Å². The first-order valence-electron chi connectivity index (χ1n) is 6.97. The maximum absolute atomic E-state index is 12.7. The lowest BCUT2D eigenvalue weighted by Gasteiger charge is -2.33. The number of methoxy groups -OCH3 is 1. The molecule has 0 amide bonds. The lowest BCUT2D eigenvalue weighted by atomic mass is 10.3. The van der Waals surface area contributed by atoms with E-state index < -0.39 is 10.0 Å². The van der Waals surface area contributed by atoms with Crippen LogP contribution in [0.4, 0.5) is 0 Å². The maximum Gasteiger partial charge on any atom is 0.256 e. The van der Waals surface area contributed by atoms with Crippen LogP contribution in [-0.2, 0) is 16.6 Å². The molecule has 0 bridgehead atoms. The molecule has 0 saturated carbocycles. The van der Waals surface area contributed by atoms with Gasteiger partial charge in [-0.25, -0.2) is 8.42 Å². The maximum atomic E-state index is 12.7. The standard InChI is InChI=1S/C14H18N2O4S2/c1-19-13-4-10-21-14(13)22(17,18)16-7-5-15(6-8-16)11-12-3-2-9-20-12/h2-4,9-10H,5-8,11H2,1H3. The fourth-order valence-corrected chi connectivity index (χ4v) is 5.33. The summed E-state index contributed by atoms with van der Waals surface area (Å²) in [6.45, 7) is 3.04. The zero-order valence-electron chi connectivity index (χ0n) is 12.3. The van der Waals surface area contributed by atoms with Crippen molar-refractivity contribution in [3.63, 3.8) is 0 Å². The topological polar surface area (TPSA) is 63.0 Å². The molecule has 1 saturated heterocycles. The molecule has 0 atom stereocenters. The van der Waals surface area contributed by atoms with Crippen LogP contribution in [0.25, 0.3) is 0 Å². The zero-order chi connectivity index (χ0) is 15.6. The Labute approximate surface area is 134 Å². The van der Waals surface area contributed by atoms with Gasteiger partial charge in [0, 0.05) is 26.2 Å². The number of thiophene rings is 1. The first-order chi connectivity index (χ1) is 10.6. The van der Waals surface area contributed by atoms with Crippen molar-refractivity contribution in [3.8, 4) is 5.75 Å². The molecular weight excluding hydrogens is 324 g/mol. The molecule has 3 heterocycles. The van der Waals surface area contributed by atoms with Gasteiger partial charge >= 0.3 is 0 Å². The highest BCUT2D eigenvalue weighted by molar-refractivity contribution is 7.91.